The average Bonchev–Trinajstić information content (AvgIpc) is 2.73. The Bertz CT molecular complexity index is 789. The molecule has 5 heteroatoms. The maximum Gasteiger partial charge on any atom is 0.254 e. The zero-order valence-electron chi connectivity index (χ0n) is 17.3. The Morgan fingerprint density at radius 2 is 2.04 bits per heavy atom. The topological polar surface area (TPSA) is 55.3 Å². The molecule has 0 radical (unpaired) electrons. The van der Waals surface area contributed by atoms with Crippen LogP contribution in [0.2, 0.25) is 0 Å². The van der Waals surface area contributed by atoms with Crippen LogP contribution in [0, 0.1) is 6.92 Å². The third-order valence-corrected chi connectivity index (χ3v) is 5.45. The number of hydrogen-bond donors (Lipinski definition) is 0. The van der Waals surface area contributed by atoms with Gasteiger partial charge in [0.05, 0.1) is 5.69 Å². The smallest absolute Gasteiger partial charge is 0.254 e. The van der Waals surface area contributed by atoms with E-state index in [9.17, 15) is 4.79 Å². The second-order valence-electron chi connectivity index (χ2n) is 7.55. The second kappa shape index (κ2) is 9.78. The monoisotopic (exact) mass is 381 g/mol. The van der Waals surface area contributed by atoms with Gasteiger partial charge in [0.25, 0.3) is 5.91 Å². The molecule has 5 nitrogen and oxygen atoms in total. The summed E-state index contributed by atoms with van der Waals surface area (Å²) in [4.78, 5) is 24.1. The van der Waals surface area contributed by atoms with E-state index in [0.717, 1.165) is 66.9 Å². The molecule has 1 aromatic carbocycles. The number of rotatable bonds is 7. The number of carbonyl (C=O) groups is 1. The highest BCUT2D eigenvalue weighted by Crippen LogP contribution is 2.25. The zero-order chi connectivity index (χ0) is 19.9. The molecule has 3 rings (SSSR count). The summed E-state index contributed by atoms with van der Waals surface area (Å²) in [5.41, 5.74) is 3.92. The number of ether oxygens (including phenoxy) is 1. The number of hydrogen-bond acceptors (Lipinski definition) is 4. The predicted octanol–water partition coefficient (Wildman–Crippen LogP) is 4.44. The molecule has 1 aliphatic heterocycles. The highest BCUT2D eigenvalue weighted by atomic mass is 16.5. The Kier molecular flexibility index (Phi) is 7.15. The fourth-order valence-electron chi connectivity index (χ4n) is 3.96. The number of nitrogens with zero attached hydrogens (tertiary/aromatic N) is 3. The molecule has 0 N–H and O–H groups in total. The fourth-order valence-corrected chi connectivity index (χ4v) is 3.96. The van der Waals surface area contributed by atoms with E-state index in [1.165, 1.54) is 6.42 Å². The largest absolute Gasteiger partial charge is 0.385 e. The van der Waals surface area contributed by atoms with Gasteiger partial charge >= 0.3 is 0 Å². The highest BCUT2D eigenvalue weighted by Gasteiger charge is 2.27. The number of aryl methyl sites for hydroxylation is 2. The van der Waals surface area contributed by atoms with Gasteiger partial charge in [-0.25, -0.2) is 9.97 Å². The zero-order valence-corrected chi connectivity index (χ0v) is 17.3. The van der Waals surface area contributed by atoms with Crippen LogP contribution in [0.15, 0.2) is 30.5 Å². The van der Waals surface area contributed by atoms with Crippen molar-refractivity contribution in [1.82, 2.24) is 14.9 Å². The number of amides is 1. The van der Waals surface area contributed by atoms with Crippen molar-refractivity contribution in [2.24, 2.45) is 0 Å². The Hall–Kier alpha value is -2.27. The number of carbonyl (C=O) groups excluding carboxylic acids is 1. The molecule has 0 spiro atoms. The van der Waals surface area contributed by atoms with Gasteiger partial charge in [0.15, 0.2) is 0 Å². The van der Waals surface area contributed by atoms with E-state index in [1.54, 1.807) is 7.11 Å². The van der Waals surface area contributed by atoms with E-state index in [2.05, 4.69) is 16.9 Å². The normalized spacial score (nSPS) is 17.0. The molecule has 2 aromatic rings. The van der Waals surface area contributed by atoms with E-state index in [0.29, 0.717) is 6.61 Å². The molecule has 28 heavy (non-hydrogen) atoms. The van der Waals surface area contributed by atoms with Crippen LogP contribution in [-0.2, 0) is 11.2 Å². The second-order valence-corrected chi connectivity index (χ2v) is 7.55. The highest BCUT2D eigenvalue weighted by molar-refractivity contribution is 5.95. The fraction of sp³-hybridized carbons (Fsp3) is 0.522. The lowest BCUT2D eigenvalue weighted by Crippen LogP contribution is -2.44. The van der Waals surface area contributed by atoms with Gasteiger partial charge < -0.3 is 9.64 Å². The SMILES string of the molecule is CCCc1cnc(C)nc1-c1ccc(C(=O)N2CCCC[C@H]2CCOC)cc1. The van der Waals surface area contributed by atoms with Crippen molar-refractivity contribution in [2.45, 2.75) is 58.4 Å². The van der Waals surface area contributed by atoms with Crippen molar-refractivity contribution in [1.29, 1.82) is 0 Å². The van der Waals surface area contributed by atoms with Gasteiger partial charge in [-0.15, -0.1) is 0 Å². The average molecular weight is 382 g/mol. The Balaban J connectivity index is 1.80. The lowest BCUT2D eigenvalue weighted by atomic mass is 9.97. The van der Waals surface area contributed by atoms with Crippen molar-refractivity contribution < 1.29 is 9.53 Å². The van der Waals surface area contributed by atoms with Gasteiger partial charge in [0, 0.05) is 43.6 Å². The predicted molar refractivity (Wildman–Crippen MR) is 111 cm³/mol. The molecular formula is C23H31N3O2. The van der Waals surface area contributed by atoms with Crippen LogP contribution in [0.5, 0.6) is 0 Å². The van der Waals surface area contributed by atoms with E-state index in [1.807, 2.05) is 42.3 Å². The number of benzene rings is 1. The number of likely N-dealkylation sites (tertiary alicyclic amines) is 1. The van der Waals surface area contributed by atoms with Crippen LogP contribution in [0.25, 0.3) is 11.3 Å². The van der Waals surface area contributed by atoms with Crippen LogP contribution in [0.4, 0.5) is 0 Å². The van der Waals surface area contributed by atoms with E-state index >= 15 is 0 Å². The first kappa shape index (κ1) is 20.5. The van der Waals surface area contributed by atoms with Crippen LogP contribution in [0.3, 0.4) is 0 Å². The van der Waals surface area contributed by atoms with Gasteiger partial charge in [-0.1, -0.05) is 25.5 Å². The Morgan fingerprint density at radius 1 is 1.25 bits per heavy atom. The summed E-state index contributed by atoms with van der Waals surface area (Å²) >= 11 is 0. The molecule has 1 atom stereocenters. The van der Waals surface area contributed by atoms with Gasteiger partial charge in [0.2, 0.25) is 0 Å². The third-order valence-electron chi connectivity index (χ3n) is 5.45. The van der Waals surface area contributed by atoms with Crippen molar-refractivity contribution in [2.75, 3.05) is 20.3 Å². The molecule has 0 aliphatic carbocycles. The molecule has 1 aliphatic rings. The number of aromatic nitrogens is 2. The minimum absolute atomic E-state index is 0.125. The number of piperidine rings is 1. The standard InChI is InChI=1S/C23H31N3O2/c1-4-7-20-16-24-17(2)25-22(20)18-9-11-19(12-10-18)23(27)26-14-6-5-8-21(26)13-15-28-3/h9-12,16,21H,4-8,13-15H2,1-3H3/t21-/m0/s1. The van der Waals surface area contributed by atoms with Crippen LogP contribution in [-0.4, -0.2) is 47.1 Å². The molecule has 150 valence electrons. The maximum atomic E-state index is 13.1. The molecule has 1 amide bonds. The van der Waals surface area contributed by atoms with E-state index in [-0.39, 0.29) is 11.9 Å². The van der Waals surface area contributed by atoms with Gasteiger partial charge in [-0.3, -0.25) is 4.79 Å². The first-order chi connectivity index (χ1) is 13.6. The van der Waals surface area contributed by atoms with Crippen molar-refractivity contribution in [3.05, 3.63) is 47.4 Å². The molecule has 0 bridgehead atoms. The van der Waals surface area contributed by atoms with Gasteiger partial charge in [0.1, 0.15) is 5.82 Å². The van der Waals surface area contributed by atoms with E-state index < -0.39 is 0 Å². The molecule has 0 saturated carbocycles. The lowest BCUT2D eigenvalue weighted by molar-refractivity contribution is 0.0553. The minimum atomic E-state index is 0.125. The molecule has 1 saturated heterocycles. The molecule has 0 unspecified atom stereocenters. The summed E-state index contributed by atoms with van der Waals surface area (Å²) in [7, 11) is 1.72. The maximum absolute atomic E-state index is 13.1. The summed E-state index contributed by atoms with van der Waals surface area (Å²) in [5, 5.41) is 0. The number of methoxy groups -OCH3 is 1. The van der Waals surface area contributed by atoms with E-state index in [4.69, 9.17) is 4.74 Å². The van der Waals surface area contributed by atoms with Crippen LogP contribution < -0.4 is 0 Å². The van der Waals surface area contributed by atoms with Gasteiger partial charge in [-0.2, -0.15) is 0 Å². The summed E-state index contributed by atoms with van der Waals surface area (Å²) in [6.07, 6.45) is 8.15. The van der Waals surface area contributed by atoms with Gasteiger partial charge in [-0.05, 0) is 56.7 Å². The molecule has 1 fully saturated rings. The van der Waals surface area contributed by atoms with Crippen molar-refractivity contribution >= 4 is 5.91 Å². The Labute approximate surface area is 168 Å². The van der Waals surface area contributed by atoms with Crippen molar-refractivity contribution in [3.8, 4) is 11.3 Å². The molecule has 1 aromatic heterocycles. The molecule has 2 heterocycles. The summed E-state index contributed by atoms with van der Waals surface area (Å²) in [6, 6.07) is 8.19. The summed E-state index contributed by atoms with van der Waals surface area (Å²) in [6.45, 7) is 5.60. The third kappa shape index (κ3) is 4.76. The summed E-state index contributed by atoms with van der Waals surface area (Å²) < 4.78 is 5.23. The quantitative estimate of drug-likeness (QED) is 0.712. The first-order valence-electron chi connectivity index (χ1n) is 10.4. The lowest BCUT2D eigenvalue weighted by Gasteiger charge is -2.36. The molecular weight excluding hydrogens is 350 g/mol. The summed E-state index contributed by atoms with van der Waals surface area (Å²) in [5.74, 6) is 0.893. The first-order valence-corrected chi connectivity index (χ1v) is 10.4. The van der Waals surface area contributed by atoms with Crippen LogP contribution >= 0.6 is 0 Å². The van der Waals surface area contributed by atoms with Crippen LogP contribution in [0.1, 0.15) is 60.8 Å². The Morgan fingerprint density at radius 3 is 2.75 bits per heavy atom. The minimum Gasteiger partial charge on any atom is -0.385 e. The van der Waals surface area contributed by atoms with Crippen molar-refractivity contribution in [3.63, 3.8) is 0 Å².